The molecular formula is C17H23NO3. The van der Waals surface area contributed by atoms with Crippen LogP contribution in [0, 0.1) is 5.92 Å². The lowest BCUT2D eigenvalue weighted by Gasteiger charge is -2.42. The van der Waals surface area contributed by atoms with Gasteiger partial charge in [-0.25, -0.2) is 0 Å². The van der Waals surface area contributed by atoms with Crippen molar-refractivity contribution in [1.82, 2.24) is 4.98 Å². The smallest absolute Gasteiger partial charge is 0.184 e. The Balaban J connectivity index is 1.78. The van der Waals surface area contributed by atoms with Gasteiger partial charge in [-0.3, -0.25) is 9.78 Å². The minimum Gasteiger partial charge on any atom is -0.381 e. The number of nitrogens with zero attached hydrogens (tertiary/aromatic N) is 1. The Morgan fingerprint density at radius 3 is 2.95 bits per heavy atom. The molecule has 21 heavy (non-hydrogen) atoms. The fourth-order valence-corrected chi connectivity index (χ4v) is 3.48. The summed E-state index contributed by atoms with van der Waals surface area (Å²) in [6.07, 6.45) is 5.99. The van der Waals surface area contributed by atoms with Crippen molar-refractivity contribution in [3.8, 4) is 0 Å². The molecule has 3 rings (SSSR count). The van der Waals surface area contributed by atoms with E-state index in [1.54, 1.807) is 6.20 Å². The second-order valence-electron chi connectivity index (χ2n) is 6.06. The maximum atomic E-state index is 12.9. The summed E-state index contributed by atoms with van der Waals surface area (Å²) in [5.41, 5.74) is 1.57. The molecule has 114 valence electrons. The van der Waals surface area contributed by atoms with Gasteiger partial charge in [-0.1, -0.05) is 13.0 Å². The number of hydrogen-bond acceptors (Lipinski definition) is 4. The van der Waals surface area contributed by atoms with Gasteiger partial charge in [0.05, 0.1) is 5.60 Å². The molecule has 0 aliphatic carbocycles. The summed E-state index contributed by atoms with van der Waals surface area (Å²) < 4.78 is 11.5. The summed E-state index contributed by atoms with van der Waals surface area (Å²) in [6, 6.07) is 3.91. The molecule has 1 aromatic rings. The van der Waals surface area contributed by atoms with Crippen LogP contribution in [0.15, 0.2) is 18.3 Å². The van der Waals surface area contributed by atoms with Gasteiger partial charge >= 0.3 is 0 Å². The molecule has 0 aromatic carbocycles. The van der Waals surface area contributed by atoms with E-state index in [0.717, 1.165) is 50.9 Å². The van der Waals surface area contributed by atoms with E-state index in [-0.39, 0.29) is 17.3 Å². The molecular weight excluding hydrogens is 266 g/mol. The molecule has 2 fully saturated rings. The zero-order valence-corrected chi connectivity index (χ0v) is 12.6. The molecule has 0 N–H and O–H groups in total. The number of carbonyl (C=O) groups excluding carboxylic acids is 1. The Bertz CT molecular complexity index is 503. The molecule has 4 heteroatoms. The number of Topliss-reactive ketones (excluding diaryl/α,β-unsaturated/α-hetero) is 1. The first-order valence-corrected chi connectivity index (χ1v) is 7.94. The second kappa shape index (κ2) is 6.24. The van der Waals surface area contributed by atoms with Gasteiger partial charge in [-0.05, 0) is 43.7 Å². The van der Waals surface area contributed by atoms with Crippen LogP contribution in [0.3, 0.4) is 0 Å². The van der Waals surface area contributed by atoms with Crippen molar-refractivity contribution in [3.63, 3.8) is 0 Å². The summed E-state index contributed by atoms with van der Waals surface area (Å²) in [4.78, 5) is 17.2. The number of carbonyl (C=O) groups is 1. The van der Waals surface area contributed by atoms with Gasteiger partial charge in [0.2, 0.25) is 0 Å². The highest BCUT2D eigenvalue weighted by atomic mass is 16.5. The third kappa shape index (κ3) is 3.01. The van der Waals surface area contributed by atoms with Crippen molar-refractivity contribution < 1.29 is 14.3 Å². The van der Waals surface area contributed by atoms with Gasteiger partial charge in [0.1, 0.15) is 5.69 Å². The first-order chi connectivity index (χ1) is 10.2. The molecule has 2 saturated heterocycles. The number of ketones is 1. The van der Waals surface area contributed by atoms with Gasteiger partial charge in [0, 0.05) is 31.9 Å². The van der Waals surface area contributed by atoms with Crippen molar-refractivity contribution in [2.45, 2.75) is 44.6 Å². The van der Waals surface area contributed by atoms with E-state index in [4.69, 9.17) is 9.47 Å². The summed E-state index contributed by atoms with van der Waals surface area (Å²) in [5, 5.41) is 0. The van der Waals surface area contributed by atoms with Crippen LogP contribution >= 0.6 is 0 Å². The predicted octanol–water partition coefficient (Wildman–Crippen LogP) is 2.80. The van der Waals surface area contributed by atoms with Gasteiger partial charge in [-0.15, -0.1) is 0 Å². The number of rotatable bonds is 3. The predicted molar refractivity (Wildman–Crippen MR) is 79.4 cm³/mol. The maximum absolute atomic E-state index is 12.9. The monoisotopic (exact) mass is 289 g/mol. The molecule has 1 unspecified atom stereocenters. The van der Waals surface area contributed by atoms with Gasteiger partial charge < -0.3 is 9.47 Å². The summed E-state index contributed by atoms with van der Waals surface area (Å²) in [6.45, 7) is 4.22. The van der Waals surface area contributed by atoms with Gasteiger partial charge in [0.15, 0.2) is 5.78 Å². The quantitative estimate of drug-likeness (QED) is 0.803. The number of ether oxygens (including phenoxy) is 2. The van der Waals surface area contributed by atoms with Crippen molar-refractivity contribution >= 4 is 5.78 Å². The van der Waals surface area contributed by atoms with Crippen LogP contribution in [0.5, 0.6) is 0 Å². The molecule has 4 nitrogen and oxygen atoms in total. The first-order valence-electron chi connectivity index (χ1n) is 7.94. The fourth-order valence-electron chi connectivity index (χ4n) is 3.48. The van der Waals surface area contributed by atoms with Crippen LogP contribution in [-0.2, 0) is 15.9 Å². The molecule has 1 atom stereocenters. The highest BCUT2D eigenvalue weighted by Gasteiger charge is 2.41. The lowest BCUT2D eigenvalue weighted by Crippen LogP contribution is -2.46. The van der Waals surface area contributed by atoms with E-state index in [9.17, 15) is 4.79 Å². The molecule has 0 saturated carbocycles. The van der Waals surface area contributed by atoms with Crippen LogP contribution in [0.25, 0.3) is 0 Å². The van der Waals surface area contributed by atoms with Crippen molar-refractivity contribution in [2.75, 3.05) is 19.8 Å². The van der Waals surface area contributed by atoms with Crippen molar-refractivity contribution in [1.29, 1.82) is 0 Å². The van der Waals surface area contributed by atoms with Crippen LogP contribution in [0.4, 0.5) is 0 Å². The highest BCUT2D eigenvalue weighted by molar-refractivity contribution is 5.97. The van der Waals surface area contributed by atoms with E-state index < -0.39 is 0 Å². The molecule has 0 amide bonds. The maximum Gasteiger partial charge on any atom is 0.184 e. The zero-order valence-electron chi connectivity index (χ0n) is 12.6. The minimum atomic E-state index is -0.141. The van der Waals surface area contributed by atoms with E-state index in [0.29, 0.717) is 12.3 Å². The van der Waals surface area contributed by atoms with E-state index in [2.05, 4.69) is 11.9 Å². The molecule has 0 radical (unpaired) electrons. The Morgan fingerprint density at radius 2 is 2.19 bits per heavy atom. The standard InChI is InChI=1S/C17H23NO3/c1-2-13-4-3-8-18-15(13)16(19)14-5-9-21-17(12-14)6-10-20-11-7-17/h3-4,8,14H,2,5-7,9-12H2,1H3. The van der Waals surface area contributed by atoms with Crippen LogP contribution in [0.1, 0.15) is 48.7 Å². The molecule has 3 heterocycles. The molecule has 0 bridgehead atoms. The van der Waals surface area contributed by atoms with Crippen LogP contribution < -0.4 is 0 Å². The third-order valence-corrected chi connectivity index (χ3v) is 4.77. The van der Waals surface area contributed by atoms with E-state index in [1.807, 2.05) is 12.1 Å². The van der Waals surface area contributed by atoms with Crippen LogP contribution in [-0.4, -0.2) is 36.2 Å². The minimum absolute atomic E-state index is 0.0389. The average molecular weight is 289 g/mol. The number of hydrogen-bond donors (Lipinski definition) is 0. The third-order valence-electron chi connectivity index (χ3n) is 4.77. The lowest BCUT2D eigenvalue weighted by molar-refractivity contribution is -0.142. The fraction of sp³-hybridized carbons (Fsp3) is 0.647. The van der Waals surface area contributed by atoms with E-state index >= 15 is 0 Å². The normalized spacial score (nSPS) is 24.9. The molecule has 2 aliphatic rings. The first kappa shape index (κ1) is 14.7. The zero-order chi connectivity index (χ0) is 14.7. The second-order valence-corrected chi connectivity index (χ2v) is 6.06. The van der Waals surface area contributed by atoms with Crippen molar-refractivity contribution in [2.24, 2.45) is 5.92 Å². The van der Waals surface area contributed by atoms with Crippen molar-refractivity contribution in [3.05, 3.63) is 29.6 Å². The number of aryl methyl sites for hydroxylation is 1. The van der Waals surface area contributed by atoms with Crippen LogP contribution in [0.2, 0.25) is 0 Å². The molecule has 1 aromatic heterocycles. The average Bonchev–Trinajstić information content (AvgIpc) is 2.55. The number of aromatic nitrogens is 1. The molecule has 2 aliphatic heterocycles. The highest BCUT2D eigenvalue weighted by Crippen LogP contribution is 2.38. The topological polar surface area (TPSA) is 48.4 Å². The Labute approximate surface area is 125 Å². The summed E-state index contributed by atoms with van der Waals surface area (Å²) >= 11 is 0. The van der Waals surface area contributed by atoms with Gasteiger partial charge in [0.25, 0.3) is 0 Å². The Morgan fingerprint density at radius 1 is 1.38 bits per heavy atom. The molecule has 1 spiro atoms. The largest absolute Gasteiger partial charge is 0.381 e. The number of pyridine rings is 1. The Hall–Kier alpha value is -1.26. The Kier molecular flexibility index (Phi) is 4.36. The summed E-state index contributed by atoms with van der Waals surface area (Å²) in [5.74, 6) is 0.235. The van der Waals surface area contributed by atoms with E-state index in [1.165, 1.54) is 0 Å². The lowest BCUT2D eigenvalue weighted by atomic mass is 9.78. The SMILES string of the molecule is CCc1cccnc1C(=O)C1CCOC2(CCOCC2)C1. The van der Waals surface area contributed by atoms with Gasteiger partial charge in [-0.2, -0.15) is 0 Å². The summed E-state index contributed by atoms with van der Waals surface area (Å²) in [7, 11) is 0.